The molecule has 1 heterocycles. The van der Waals surface area contributed by atoms with Gasteiger partial charge in [0.1, 0.15) is 5.82 Å². The summed E-state index contributed by atoms with van der Waals surface area (Å²) in [5.74, 6) is -0.216. The number of rotatable bonds is 4. The lowest BCUT2D eigenvalue weighted by Crippen LogP contribution is -2.52. The fourth-order valence-electron chi connectivity index (χ4n) is 3.70. The van der Waals surface area contributed by atoms with E-state index in [0.29, 0.717) is 0 Å². The third kappa shape index (κ3) is 3.99. The van der Waals surface area contributed by atoms with E-state index in [0.717, 1.165) is 48.3 Å². The fraction of sp³-hybridized carbons (Fsp3) is 0.261. The van der Waals surface area contributed by atoms with Gasteiger partial charge < -0.3 is 10.2 Å². The molecule has 3 aromatic rings. The first-order valence-electron chi connectivity index (χ1n) is 9.64. The minimum Gasteiger partial charge on any atom is -0.369 e. The summed E-state index contributed by atoms with van der Waals surface area (Å²) in [5.41, 5.74) is 1.84. The van der Waals surface area contributed by atoms with Gasteiger partial charge in [0.2, 0.25) is 5.91 Å². The van der Waals surface area contributed by atoms with E-state index >= 15 is 0 Å². The van der Waals surface area contributed by atoms with Gasteiger partial charge in [-0.2, -0.15) is 0 Å². The molecule has 0 aromatic heterocycles. The van der Waals surface area contributed by atoms with Crippen molar-refractivity contribution < 1.29 is 9.18 Å². The standard InChI is InChI=1S/C23H24FN3O/c1-17(23(28)25-21-9-6-18-4-2-3-5-19(18)16-21)26-12-14-27(15-13-26)22-10-7-20(24)8-11-22/h2-11,16-17H,12-15H2,1H3,(H,25,28). The average molecular weight is 377 g/mol. The highest BCUT2D eigenvalue weighted by atomic mass is 19.1. The number of benzene rings is 3. The second kappa shape index (κ2) is 7.98. The van der Waals surface area contributed by atoms with E-state index in [1.54, 1.807) is 12.1 Å². The maximum Gasteiger partial charge on any atom is 0.241 e. The van der Waals surface area contributed by atoms with Crippen LogP contribution in [0.5, 0.6) is 0 Å². The van der Waals surface area contributed by atoms with Crippen LogP contribution in [0, 0.1) is 5.82 Å². The summed E-state index contributed by atoms with van der Waals surface area (Å²) in [6.07, 6.45) is 0. The van der Waals surface area contributed by atoms with Crippen LogP contribution in [0.3, 0.4) is 0 Å². The van der Waals surface area contributed by atoms with Gasteiger partial charge in [0, 0.05) is 37.6 Å². The summed E-state index contributed by atoms with van der Waals surface area (Å²) in [7, 11) is 0. The minimum atomic E-state index is -0.221. The van der Waals surface area contributed by atoms with Crippen LogP contribution in [0.4, 0.5) is 15.8 Å². The second-order valence-corrected chi connectivity index (χ2v) is 7.23. The molecule has 0 radical (unpaired) electrons. The van der Waals surface area contributed by atoms with E-state index < -0.39 is 0 Å². The topological polar surface area (TPSA) is 35.6 Å². The lowest BCUT2D eigenvalue weighted by molar-refractivity contribution is -0.120. The summed E-state index contributed by atoms with van der Waals surface area (Å²) in [6.45, 7) is 5.18. The number of hydrogen-bond acceptors (Lipinski definition) is 3. The normalized spacial score (nSPS) is 16.1. The Balaban J connectivity index is 1.35. The Morgan fingerprint density at radius 1 is 0.929 bits per heavy atom. The number of carbonyl (C=O) groups is 1. The number of halogens is 1. The molecule has 0 bridgehead atoms. The molecule has 1 aliphatic heterocycles. The van der Waals surface area contributed by atoms with Crippen molar-refractivity contribution in [3.05, 3.63) is 72.5 Å². The van der Waals surface area contributed by atoms with E-state index in [2.05, 4.69) is 21.2 Å². The van der Waals surface area contributed by atoms with Crippen LogP contribution < -0.4 is 10.2 Å². The van der Waals surface area contributed by atoms with Gasteiger partial charge in [-0.3, -0.25) is 9.69 Å². The van der Waals surface area contributed by atoms with Crippen molar-refractivity contribution in [1.29, 1.82) is 0 Å². The van der Waals surface area contributed by atoms with Gasteiger partial charge in [0.25, 0.3) is 0 Å². The fourth-order valence-corrected chi connectivity index (χ4v) is 3.70. The molecule has 1 atom stereocenters. The van der Waals surface area contributed by atoms with Gasteiger partial charge in [-0.05, 0) is 54.1 Å². The van der Waals surface area contributed by atoms with Gasteiger partial charge in [-0.1, -0.05) is 30.3 Å². The van der Waals surface area contributed by atoms with E-state index in [1.807, 2.05) is 43.3 Å². The molecule has 0 spiro atoms. The second-order valence-electron chi connectivity index (χ2n) is 7.23. The largest absolute Gasteiger partial charge is 0.369 e. The maximum absolute atomic E-state index is 13.1. The molecular formula is C23H24FN3O. The first-order chi connectivity index (χ1) is 13.6. The maximum atomic E-state index is 13.1. The molecule has 5 heteroatoms. The highest BCUT2D eigenvalue weighted by molar-refractivity contribution is 5.97. The Bertz CT molecular complexity index is 965. The summed E-state index contributed by atoms with van der Waals surface area (Å²) in [5, 5.41) is 5.31. The van der Waals surface area contributed by atoms with E-state index in [-0.39, 0.29) is 17.8 Å². The molecule has 4 nitrogen and oxygen atoms in total. The first-order valence-corrected chi connectivity index (χ1v) is 9.64. The molecule has 1 saturated heterocycles. The van der Waals surface area contributed by atoms with Crippen molar-refractivity contribution in [3.8, 4) is 0 Å². The van der Waals surface area contributed by atoms with Gasteiger partial charge in [0.05, 0.1) is 6.04 Å². The SMILES string of the molecule is CC(C(=O)Nc1ccc2ccccc2c1)N1CCN(c2ccc(F)cc2)CC1. The van der Waals surface area contributed by atoms with Crippen molar-refractivity contribution in [2.24, 2.45) is 0 Å². The molecule has 144 valence electrons. The monoisotopic (exact) mass is 377 g/mol. The highest BCUT2D eigenvalue weighted by Crippen LogP contribution is 2.20. The van der Waals surface area contributed by atoms with Crippen molar-refractivity contribution >= 4 is 28.1 Å². The van der Waals surface area contributed by atoms with E-state index in [9.17, 15) is 9.18 Å². The minimum absolute atomic E-state index is 0.00510. The molecule has 1 amide bonds. The number of nitrogens with one attached hydrogen (secondary N) is 1. The first kappa shape index (κ1) is 18.4. The number of piperazine rings is 1. The van der Waals surface area contributed by atoms with Crippen molar-refractivity contribution in [3.63, 3.8) is 0 Å². The smallest absolute Gasteiger partial charge is 0.241 e. The molecule has 1 N–H and O–H groups in total. The summed E-state index contributed by atoms with van der Waals surface area (Å²) >= 11 is 0. The number of amides is 1. The lowest BCUT2D eigenvalue weighted by atomic mass is 10.1. The van der Waals surface area contributed by atoms with Gasteiger partial charge in [-0.25, -0.2) is 4.39 Å². The Hall–Kier alpha value is -2.92. The van der Waals surface area contributed by atoms with Crippen LogP contribution in [0.1, 0.15) is 6.92 Å². The van der Waals surface area contributed by atoms with Crippen molar-refractivity contribution in [1.82, 2.24) is 4.90 Å². The van der Waals surface area contributed by atoms with Crippen LogP contribution in [-0.2, 0) is 4.79 Å². The predicted octanol–water partition coefficient (Wildman–Crippen LogP) is 4.13. The Labute approximate surface area is 164 Å². The van der Waals surface area contributed by atoms with Gasteiger partial charge in [-0.15, -0.1) is 0 Å². The van der Waals surface area contributed by atoms with Crippen LogP contribution in [0.15, 0.2) is 66.7 Å². The number of anilines is 2. The Morgan fingerprint density at radius 2 is 1.61 bits per heavy atom. The molecule has 3 aromatic carbocycles. The van der Waals surface area contributed by atoms with Gasteiger partial charge in [0.15, 0.2) is 0 Å². The van der Waals surface area contributed by atoms with Gasteiger partial charge >= 0.3 is 0 Å². The van der Waals surface area contributed by atoms with Crippen LogP contribution in [0.25, 0.3) is 10.8 Å². The molecule has 1 unspecified atom stereocenters. The third-order valence-corrected chi connectivity index (χ3v) is 5.45. The molecule has 1 fully saturated rings. The van der Waals surface area contributed by atoms with Crippen LogP contribution in [-0.4, -0.2) is 43.0 Å². The number of nitrogens with zero attached hydrogens (tertiary/aromatic N) is 2. The van der Waals surface area contributed by atoms with Crippen LogP contribution in [0.2, 0.25) is 0 Å². The quantitative estimate of drug-likeness (QED) is 0.743. The zero-order chi connectivity index (χ0) is 19.5. The van der Waals surface area contributed by atoms with Crippen LogP contribution >= 0.6 is 0 Å². The number of fused-ring (bicyclic) bond motifs is 1. The number of hydrogen-bond donors (Lipinski definition) is 1. The van der Waals surface area contributed by atoms with E-state index in [1.165, 1.54) is 12.1 Å². The van der Waals surface area contributed by atoms with E-state index in [4.69, 9.17) is 0 Å². The summed E-state index contributed by atoms with van der Waals surface area (Å²) < 4.78 is 13.1. The zero-order valence-corrected chi connectivity index (χ0v) is 15.9. The Kier molecular flexibility index (Phi) is 5.26. The molecule has 0 aliphatic carbocycles. The lowest BCUT2D eigenvalue weighted by Gasteiger charge is -2.38. The summed E-state index contributed by atoms with van der Waals surface area (Å²) in [6, 6.07) is 20.5. The van der Waals surface area contributed by atoms with Crippen molar-refractivity contribution in [2.75, 3.05) is 36.4 Å². The highest BCUT2D eigenvalue weighted by Gasteiger charge is 2.25. The zero-order valence-electron chi connectivity index (χ0n) is 15.9. The molecule has 1 aliphatic rings. The number of carbonyl (C=O) groups excluding carboxylic acids is 1. The third-order valence-electron chi connectivity index (χ3n) is 5.45. The molecular weight excluding hydrogens is 353 g/mol. The molecule has 28 heavy (non-hydrogen) atoms. The Morgan fingerprint density at radius 3 is 2.32 bits per heavy atom. The predicted molar refractivity (Wildman–Crippen MR) is 112 cm³/mol. The molecule has 0 saturated carbocycles. The molecule has 4 rings (SSSR count). The summed E-state index contributed by atoms with van der Waals surface area (Å²) in [4.78, 5) is 17.1. The van der Waals surface area contributed by atoms with Crippen molar-refractivity contribution in [2.45, 2.75) is 13.0 Å². The average Bonchev–Trinajstić information content (AvgIpc) is 2.74.